The zero-order valence-electron chi connectivity index (χ0n) is 10.9. The van der Waals surface area contributed by atoms with E-state index in [0.29, 0.717) is 10.1 Å². The molecule has 6 nitrogen and oxygen atoms in total. The molecule has 0 amide bonds. The number of hydrogen-bond donors (Lipinski definition) is 1. The zero-order chi connectivity index (χ0) is 13.9. The highest BCUT2D eigenvalue weighted by Crippen LogP contribution is 2.17. The van der Waals surface area contributed by atoms with Gasteiger partial charge in [0.2, 0.25) is 10.1 Å². The van der Waals surface area contributed by atoms with E-state index in [2.05, 4.69) is 27.3 Å². The third-order valence-corrected chi connectivity index (χ3v) is 4.82. The van der Waals surface area contributed by atoms with E-state index in [1.54, 1.807) is 11.3 Å². The number of anilines is 1. The van der Waals surface area contributed by atoms with Gasteiger partial charge in [-0.2, -0.15) is 4.52 Å². The van der Waals surface area contributed by atoms with Crippen molar-refractivity contribution in [2.24, 2.45) is 0 Å². The Bertz CT molecular complexity index is 775. The number of aromatic nitrogens is 4. The van der Waals surface area contributed by atoms with E-state index in [0.717, 1.165) is 24.4 Å². The fourth-order valence-electron chi connectivity index (χ4n) is 1.72. The number of hydrogen-bond acceptors (Lipinski definition) is 7. The Balaban J connectivity index is 1.65. The monoisotopic (exact) mass is 307 g/mol. The van der Waals surface area contributed by atoms with E-state index in [4.69, 9.17) is 0 Å². The summed E-state index contributed by atoms with van der Waals surface area (Å²) < 4.78 is 1.31. The minimum atomic E-state index is -0.160. The third-order valence-electron chi connectivity index (χ3n) is 2.74. The van der Waals surface area contributed by atoms with Crippen molar-refractivity contribution < 1.29 is 0 Å². The Kier molecular flexibility index (Phi) is 3.75. The summed E-state index contributed by atoms with van der Waals surface area (Å²) in [5, 5.41) is 9.23. The Hall–Kier alpha value is -1.80. The van der Waals surface area contributed by atoms with Gasteiger partial charge in [-0.05, 0) is 6.42 Å². The smallest absolute Gasteiger partial charge is 0.275 e. The quantitative estimate of drug-likeness (QED) is 0.778. The fraction of sp³-hybridized carbons (Fsp3) is 0.333. The molecule has 0 radical (unpaired) electrons. The number of aryl methyl sites for hydroxylation is 1. The van der Waals surface area contributed by atoms with E-state index in [1.165, 1.54) is 33.0 Å². The van der Waals surface area contributed by atoms with E-state index in [-0.39, 0.29) is 5.56 Å². The molecular formula is C12H13N5OS2. The number of nitrogens with one attached hydrogen (secondary N) is 1. The molecule has 1 N–H and O–H groups in total. The normalized spacial score (nSPS) is 11.1. The van der Waals surface area contributed by atoms with Crippen LogP contribution in [0.4, 0.5) is 5.13 Å². The predicted molar refractivity (Wildman–Crippen MR) is 80.8 cm³/mol. The maximum Gasteiger partial charge on any atom is 0.275 e. The first-order valence-electron chi connectivity index (χ1n) is 6.28. The molecule has 0 unspecified atom stereocenters. The van der Waals surface area contributed by atoms with Crippen molar-refractivity contribution in [3.8, 4) is 0 Å². The lowest BCUT2D eigenvalue weighted by atomic mass is 10.4. The van der Waals surface area contributed by atoms with E-state index in [9.17, 15) is 4.79 Å². The Labute approximate surface area is 123 Å². The van der Waals surface area contributed by atoms with E-state index >= 15 is 0 Å². The van der Waals surface area contributed by atoms with Gasteiger partial charge in [0.1, 0.15) is 0 Å². The molecule has 0 spiro atoms. The lowest BCUT2D eigenvalue weighted by Gasteiger charge is -1.98. The van der Waals surface area contributed by atoms with Crippen molar-refractivity contribution in [1.29, 1.82) is 0 Å². The number of rotatable bonds is 5. The number of fused-ring (bicyclic) bond motifs is 1. The van der Waals surface area contributed by atoms with Crippen molar-refractivity contribution in [3.63, 3.8) is 0 Å². The molecule has 0 aliphatic carbocycles. The molecule has 3 heterocycles. The predicted octanol–water partition coefficient (Wildman–Crippen LogP) is 1.82. The summed E-state index contributed by atoms with van der Waals surface area (Å²) in [6.07, 6.45) is 5.31. The fourth-order valence-corrected chi connectivity index (χ4v) is 3.38. The Morgan fingerprint density at radius 1 is 1.35 bits per heavy atom. The first-order chi connectivity index (χ1) is 9.76. The molecule has 0 saturated heterocycles. The van der Waals surface area contributed by atoms with Crippen LogP contribution in [0.5, 0.6) is 0 Å². The van der Waals surface area contributed by atoms with Crippen LogP contribution in [-0.4, -0.2) is 26.1 Å². The molecule has 0 atom stereocenters. The molecule has 0 aliphatic heterocycles. The van der Waals surface area contributed by atoms with Gasteiger partial charge in [-0.1, -0.05) is 18.3 Å². The van der Waals surface area contributed by atoms with Gasteiger partial charge in [-0.3, -0.25) is 4.79 Å². The van der Waals surface area contributed by atoms with Crippen molar-refractivity contribution in [2.75, 3.05) is 11.9 Å². The zero-order valence-corrected chi connectivity index (χ0v) is 12.5. The topological polar surface area (TPSA) is 72.2 Å². The summed E-state index contributed by atoms with van der Waals surface area (Å²) in [7, 11) is 0. The van der Waals surface area contributed by atoms with Crippen LogP contribution in [0, 0.1) is 0 Å². The van der Waals surface area contributed by atoms with Crippen LogP contribution in [0.2, 0.25) is 0 Å². The summed E-state index contributed by atoms with van der Waals surface area (Å²) in [6, 6.07) is 1.40. The first-order valence-corrected chi connectivity index (χ1v) is 7.92. The molecule has 0 bridgehead atoms. The number of nitrogens with zero attached hydrogens (tertiary/aromatic N) is 4. The molecule has 0 aromatic carbocycles. The van der Waals surface area contributed by atoms with Crippen molar-refractivity contribution in [3.05, 3.63) is 38.7 Å². The molecule has 3 rings (SSSR count). The van der Waals surface area contributed by atoms with Crippen molar-refractivity contribution in [2.45, 2.75) is 19.8 Å². The minimum Gasteiger partial charge on any atom is -0.360 e. The third kappa shape index (κ3) is 2.70. The summed E-state index contributed by atoms with van der Waals surface area (Å²) >= 11 is 3.11. The molecule has 0 saturated carbocycles. The van der Waals surface area contributed by atoms with Crippen LogP contribution in [0.15, 0.2) is 23.3 Å². The Morgan fingerprint density at radius 3 is 3.00 bits per heavy atom. The van der Waals surface area contributed by atoms with Crippen LogP contribution >= 0.6 is 22.7 Å². The molecule has 8 heteroatoms. The van der Waals surface area contributed by atoms with Gasteiger partial charge in [0.15, 0.2) is 0 Å². The van der Waals surface area contributed by atoms with Crippen LogP contribution in [-0.2, 0) is 12.8 Å². The standard InChI is InChI=1S/C12H13N5OS2/c1-2-8-7-15-9(19-8)3-5-13-11-16-17-10(18)4-6-14-12(17)20-11/h4,6-7H,2-3,5H2,1H3,(H,13,16). The highest BCUT2D eigenvalue weighted by atomic mass is 32.1. The SMILES string of the molecule is CCc1cnc(CCNc2nn3c(=O)ccnc3s2)s1. The maximum absolute atomic E-state index is 11.6. The average molecular weight is 307 g/mol. The van der Waals surface area contributed by atoms with Gasteiger partial charge in [-0.15, -0.1) is 16.4 Å². The summed E-state index contributed by atoms with van der Waals surface area (Å²) in [5.41, 5.74) is -0.160. The molecular weight excluding hydrogens is 294 g/mol. The van der Waals surface area contributed by atoms with Gasteiger partial charge in [0.25, 0.3) is 5.56 Å². The molecule has 3 aromatic heterocycles. The van der Waals surface area contributed by atoms with Crippen molar-refractivity contribution >= 4 is 32.8 Å². The van der Waals surface area contributed by atoms with Crippen LogP contribution in [0.1, 0.15) is 16.8 Å². The highest BCUT2D eigenvalue weighted by molar-refractivity contribution is 7.20. The van der Waals surface area contributed by atoms with E-state index < -0.39 is 0 Å². The molecule has 3 aromatic rings. The lowest BCUT2D eigenvalue weighted by Crippen LogP contribution is -2.13. The largest absolute Gasteiger partial charge is 0.360 e. The summed E-state index contributed by atoms with van der Waals surface area (Å²) in [6.45, 7) is 2.87. The molecule has 0 aliphatic rings. The Morgan fingerprint density at radius 2 is 2.25 bits per heavy atom. The molecule has 20 heavy (non-hydrogen) atoms. The van der Waals surface area contributed by atoms with E-state index in [1.807, 2.05) is 6.20 Å². The van der Waals surface area contributed by atoms with Gasteiger partial charge in [-0.25, -0.2) is 9.97 Å². The van der Waals surface area contributed by atoms with Gasteiger partial charge in [0.05, 0.1) is 5.01 Å². The average Bonchev–Trinajstić information content (AvgIpc) is 3.06. The van der Waals surface area contributed by atoms with Gasteiger partial charge >= 0.3 is 0 Å². The number of thiazole rings is 1. The highest BCUT2D eigenvalue weighted by Gasteiger charge is 2.06. The van der Waals surface area contributed by atoms with Crippen LogP contribution < -0.4 is 10.9 Å². The second-order valence-corrected chi connectivity index (χ2v) is 6.29. The van der Waals surface area contributed by atoms with Crippen LogP contribution in [0.3, 0.4) is 0 Å². The second-order valence-electron chi connectivity index (χ2n) is 4.14. The summed E-state index contributed by atoms with van der Waals surface area (Å²) in [5.74, 6) is 0. The first kappa shape index (κ1) is 13.2. The lowest BCUT2D eigenvalue weighted by molar-refractivity contribution is 0.890. The molecule has 104 valence electrons. The van der Waals surface area contributed by atoms with Gasteiger partial charge in [0, 0.05) is 36.3 Å². The van der Waals surface area contributed by atoms with Crippen LogP contribution in [0.25, 0.3) is 4.96 Å². The minimum absolute atomic E-state index is 0.160. The van der Waals surface area contributed by atoms with Gasteiger partial charge < -0.3 is 5.32 Å². The van der Waals surface area contributed by atoms with Crippen molar-refractivity contribution in [1.82, 2.24) is 19.6 Å². The maximum atomic E-state index is 11.6. The molecule has 0 fully saturated rings. The second kappa shape index (κ2) is 5.68. The summed E-state index contributed by atoms with van der Waals surface area (Å²) in [4.78, 5) is 21.9.